The van der Waals surface area contributed by atoms with Crippen LogP contribution in [0, 0.1) is 0 Å². The Kier molecular flexibility index (Phi) is 6.36. The van der Waals surface area contributed by atoms with Gasteiger partial charge in [-0.05, 0) is 49.1 Å². The SMILES string of the molecule is CCCOc1ccc(NC2CC(NC(=O)OCc3ccccc3)C2)cc1. The van der Waals surface area contributed by atoms with Gasteiger partial charge in [-0.3, -0.25) is 0 Å². The number of carbonyl (C=O) groups is 1. The van der Waals surface area contributed by atoms with Crippen LogP contribution in [-0.2, 0) is 11.3 Å². The van der Waals surface area contributed by atoms with Crippen molar-refractivity contribution in [1.29, 1.82) is 0 Å². The van der Waals surface area contributed by atoms with E-state index in [0.29, 0.717) is 12.6 Å². The van der Waals surface area contributed by atoms with Gasteiger partial charge in [0.05, 0.1) is 6.61 Å². The van der Waals surface area contributed by atoms with Crippen molar-refractivity contribution < 1.29 is 14.3 Å². The molecule has 2 N–H and O–H groups in total. The van der Waals surface area contributed by atoms with E-state index >= 15 is 0 Å². The number of rotatable bonds is 8. The van der Waals surface area contributed by atoms with Gasteiger partial charge in [-0.2, -0.15) is 0 Å². The average Bonchev–Trinajstić information content (AvgIpc) is 2.65. The van der Waals surface area contributed by atoms with Crippen LogP contribution >= 0.6 is 0 Å². The first-order chi connectivity index (χ1) is 12.7. The highest BCUT2D eigenvalue weighted by atomic mass is 16.5. The van der Waals surface area contributed by atoms with Crippen LogP contribution in [0.4, 0.5) is 10.5 Å². The van der Waals surface area contributed by atoms with Crippen molar-refractivity contribution in [3.8, 4) is 5.75 Å². The summed E-state index contributed by atoms with van der Waals surface area (Å²) < 4.78 is 10.8. The van der Waals surface area contributed by atoms with Crippen LogP contribution in [0.5, 0.6) is 5.75 Å². The third-order valence-corrected chi connectivity index (χ3v) is 4.37. The predicted molar refractivity (Wildman–Crippen MR) is 102 cm³/mol. The molecule has 0 radical (unpaired) electrons. The molecule has 0 aliphatic heterocycles. The van der Waals surface area contributed by atoms with Crippen molar-refractivity contribution >= 4 is 11.8 Å². The van der Waals surface area contributed by atoms with E-state index < -0.39 is 0 Å². The number of benzene rings is 2. The molecule has 2 aromatic carbocycles. The van der Waals surface area contributed by atoms with E-state index in [1.165, 1.54) is 0 Å². The van der Waals surface area contributed by atoms with Crippen LogP contribution in [-0.4, -0.2) is 24.8 Å². The molecule has 5 nitrogen and oxygen atoms in total. The lowest BCUT2D eigenvalue weighted by Crippen LogP contribution is -2.49. The molecule has 0 saturated heterocycles. The molecule has 5 heteroatoms. The molecule has 26 heavy (non-hydrogen) atoms. The summed E-state index contributed by atoms with van der Waals surface area (Å²) in [5.74, 6) is 0.895. The van der Waals surface area contributed by atoms with Crippen LogP contribution in [0.25, 0.3) is 0 Å². The number of hydrogen-bond donors (Lipinski definition) is 2. The van der Waals surface area contributed by atoms with Gasteiger partial charge in [-0.15, -0.1) is 0 Å². The number of anilines is 1. The maximum absolute atomic E-state index is 11.8. The highest BCUT2D eigenvalue weighted by Crippen LogP contribution is 2.25. The predicted octanol–water partition coefficient (Wildman–Crippen LogP) is 4.34. The molecule has 1 saturated carbocycles. The lowest BCUT2D eigenvalue weighted by molar-refractivity contribution is 0.129. The molecule has 0 aromatic heterocycles. The smallest absolute Gasteiger partial charge is 0.407 e. The number of nitrogens with one attached hydrogen (secondary N) is 2. The normalized spacial score (nSPS) is 18.5. The molecular weight excluding hydrogens is 328 g/mol. The molecular formula is C21H26N2O3. The molecule has 0 heterocycles. The van der Waals surface area contributed by atoms with Crippen molar-refractivity contribution in [1.82, 2.24) is 5.32 Å². The van der Waals surface area contributed by atoms with Gasteiger partial charge in [0, 0.05) is 17.8 Å². The topological polar surface area (TPSA) is 59.6 Å². The Labute approximate surface area is 154 Å². The molecule has 1 aliphatic carbocycles. The van der Waals surface area contributed by atoms with E-state index in [2.05, 4.69) is 17.6 Å². The van der Waals surface area contributed by atoms with Gasteiger partial charge in [0.1, 0.15) is 12.4 Å². The Morgan fingerprint density at radius 1 is 1.04 bits per heavy atom. The molecule has 0 bridgehead atoms. The molecule has 1 amide bonds. The van der Waals surface area contributed by atoms with E-state index in [-0.39, 0.29) is 12.1 Å². The first kappa shape index (κ1) is 18.1. The second kappa shape index (κ2) is 9.13. The Balaban J connectivity index is 1.33. The van der Waals surface area contributed by atoms with E-state index in [1.54, 1.807) is 0 Å². The van der Waals surface area contributed by atoms with Gasteiger partial charge in [0.25, 0.3) is 0 Å². The fraction of sp³-hybridized carbons (Fsp3) is 0.381. The molecule has 3 rings (SSSR count). The van der Waals surface area contributed by atoms with Crippen molar-refractivity contribution in [2.45, 2.75) is 44.9 Å². The number of ether oxygens (including phenoxy) is 2. The maximum atomic E-state index is 11.8. The number of hydrogen-bond acceptors (Lipinski definition) is 4. The quantitative estimate of drug-likeness (QED) is 0.740. The summed E-state index contributed by atoms with van der Waals surface area (Å²) in [5.41, 5.74) is 2.06. The van der Waals surface area contributed by atoms with Gasteiger partial charge in [-0.25, -0.2) is 4.79 Å². The number of alkyl carbamates (subject to hydrolysis) is 1. The van der Waals surface area contributed by atoms with Crippen LogP contribution < -0.4 is 15.4 Å². The second-order valence-corrected chi connectivity index (χ2v) is 6.59. The van der Waals surface area contributed by atoms with Gasteiger partial charge in [-0.1, -0.05) is 37.3 Å². The summed E-state index contributed by atoms with van der Waals surface area (Å²) in [6.45, 7) is 3.13. The summed E-state index contributed by atoms with van der Waals surface area (Å²) in [6.07, 6.45) is 2.45. The summed E-state index contributed by atoms with van der Waals surface area (Å²) in [7, 11) is 0. The molecule has 138 valence electrons. The van der Waals surface area contributed by atoms with Crippen LogP contribution in [0.1, 0.15) is 31.7 Å². The Hall–Kier alpha value is -2.69. The van der Waals surface area contributed by atoms with E-state index in [1.807, 2.05) is 54.6 Å². The van der Waals surface area contributed by atoms with Crippen molar-refractivity contribution in [2.75, 3.05) is 11.9 Å². The zero-order valence-electron chi connectivity index (χ0n) is 15.1. The van der Waals surface area contributed by atoms with Gasteiger partial charge < -0.3 is 20.1 Å². The van der Waals surface area contributed by atoms with Crippen molar-refractivity contribution in [3.63, 3.8) is 0 Å². The van der Waals surface area contributed by atoms with Gasteiger partial charge >= 0.3 is 6.09 Å². The Morgan fingerprint density at radius 3 is 2.46 bits per heavy atom. The summed E-state index contributed by atoms with van der Waals surface area (Å²) in [5, 5.41) is 6.39. The summed E-state index contributed by atoms with van der Waals surface area (Å²) in [6, 6.07) is 18.2. The molecule has 0 unspecified atom stereocenters. The largest absolute Gasteiger partial charge is 0.494 e. The average molecular weight is 354 g/mol. The fourth-order valence-electron chi connectivity index (χ4n) is 2.89. The summed E-state index contributed by atoms with van der Waals surface area (Å²) >= 11 is 0. The summed E-state index contributed by atoms with van der Waals surface area (Å²) in [4.78, 5) is 11.8. The molecule has 0 spiro atoms. The zero-order chi connectivity index (χ0) is 18.2. The standard InChI is InChI=1S/C21H26N2O3/c1-2-12-25-20-10-8-17(9-11-20)22-18-13-19(14-18)23-21(24)26-15-16-6-4-3-5-7-16/h3-11,18-19,22H,2,12-15H2,1H3,(H,23,24). The van der Waals surface area contributed by atoms with Crippen LogP contribution in [0.2, 0.25) is 0 Å². The van der Waals surface area contributed by atoms with Gasteiger partial charge in [0.2, 0.25) is 0 Å². The molecule has 1 aliphatic rings. The first-order valence-corrected chi connectivity index (χ1v) is 9.19. The van der Waals surface area contributed by atoms with Crippen LogP contribution in [0.3, 0.4) is 0 Å². The molecule has 0 atom stereocenters. The lowest BCUT2D eigenvalue weighted by atomic mass is 9.86. The number of amides is 1. The highest BCUT2D eigenvalue weighted by molar-refractivity contribution is 5.67. The Bertz CT molecular complexity index is 682. The van der Waals surface area contributed by atoms with Crippen molar-refractivity contribution in [2.24, 2.45) is 0 Å². The maximum Gasteiger partial charge on any atom is 0.407 e. The van der Waals surface area contributed by atoms with Crippen molar-refractivity contribution in [3.05, 3.63) is 60.2 Å². The third kappa shape index (κ3) is 5.41. The van der Waals surface area contributed by atoms with Gasteiger partial charge in [0.15, 0.2) is 0 Å². The fourth-order valence-corrected chi connectivity index (χ4v) is 2.89. The zero-order valence-corrected chi connectivity index (χ0v) is 15.1. The molecule has 1 fully saturated rings. The van der Waals surface area contributed by atoms with Crippen LogP contribution in [0.15, 0.2) is 54.6 Å². The van der Waals surface area contributed by atoms with E-state index in [0.717, 1.165) is 42.9 Å². The highest BCUT2D eigenvalue weighted by Gasteiger charge is 2.30. The minimum Gasteiger partial charge on any atom is -0.494 e. The first-order valence-electron chi connectivity index (χ1n) is 9.19. The minimum atomic E-state index is -0.352. The minimum absolute atomic E-state index is 0.169. The third-order valence-electron chi connectivity index (χ3n) is 4.37. The lowest BCUT2D eigenvalue weighted by Gasteiger charge is -2.36. The molecule has 2 aromatic rings. The second-order valence-electron chi connectivity index (χ2n) is 6.59. The number of carbonyl (C=O) groups excluding carboxylic acids is 1. The van der Waals surface area contributed by atoms with E-state index in [9.17, 15) is 4.79 Å². The Morgan fingerprint density at radius 2 is 1.77 bits per heavy atom. The monoisotopic (exact) mass is 354 g/mol. The van der Waals surface area contributed by atoms with E-state index in [4.69, 9.17) is 9.47 Å².